The van der Waals surface area contributed by atoms with Crippen molar-refractivity contribution in [2.45, 2.75) is 62.3 Å². The second-order valence-electron chi connectivity index (χ2n) is 19.4. The number of ketones is 3. The zero-order valence-electron chi connectivity index (χ0n) is 39.2. The molecule has 3 heterocycles. The molecular weight excluding hydrogens is 962 g/mol. The van der Waals surface area contributed by atoms with Gasteiger partial charge in [-0.1, -0.05) is 80.5 Å². The Kier molecular flexibility index (Phi) is 17.4. The first-order valence-corrected chi connectivity index (χ1v) is 22.1. The van der Waals surface area contributed by atoms with E-state index in [1.165, 1.54) is 0 Å². The molecule has 3 aromatic rings. The van der Waals surface area contributed by atoms with Gasteiger partial charge in [-0.15, -0.1) is 0 Å². The third-order valence-corrected chi connectivity index (χ3v) is 11.3. The molecule has 0 aliphatic heterocycles. The van der Waals surface area contributed by atoms with Crippen LogP contribution in [0.25, 0.3) is 16.7 Å². The molecule has 3 aromatic heterocycles. The summed E-state index contributed by atoms with van der Waals surface area (Å²) in [4.78, 5) is 57.0. The van der Waals surface area contributed by atoms with E-state index in [-0.39, 0.29) is 70.9 Å². The second kappa shape index (κ2) is 22.3. The van der Waals surface area contributed by atoms with E-state index in [9.17, 15) is 14.4 Å². The van der Waals surface area contributed by atoms with E-state index < -0.39 is 0 Å². The molecule has 0 radical (unpaired) electrons. The van der Waals surface area contributed by atoms with Crippen LogP contribution in [-0.4, -0.2) is 76.5 Å². The van der Waals surface area contributed by atoms with Crippen LogP contribution in [-0.2, 0) is 14.4 Å². The number of aromatic nitrogens is 3. The molecule has 0 unspecified atom stereocenters. The van der Waals surface area contributed by atoms with Crippen LogP contribution in [0.4, 0.5) is 0 Å². The van der Waals surface area contributed by atoms with Crippen LogP contribution < -0.4 is 16.0 Å². The fourth-order valence-electron chi connectivity index (χ4n) is 7.26. The summed E-state index contributed by atoms with van der Waals surface area (Å²) >= 11 is 0. The summed E-state index contributed by atoms with van der Waals surface area (Å²) in [5.41, 5.74) is 8.07. The van der Waals surface area contributed by atoms with E-state index in [4.69, 9.17) is 0 Å². The van der Waals surface area contributed by atoms with Gasteiger partial charge in [0.05, 0.1) is 17.1 Å². The largest absolute Gasteiger partial charge is 0.389 e. The summed E-state index contributed by atoms with van der Waals surface area (Å²) in [6, 6.07) is 16.8. The van der Waals surface area contributed by atoms with Crippen molar-refractivity contribution in [1.82, 2.24) is 35.8 Å². The maximum absolute atomic E-state index is 13.8. The van der Waals surface area contributed by atoms with Crippen molar-refractivity contribution in [2.24, 2.45) is 16.2 Å². The van der Waals surface area contributed by atoms with E-state index in [0.29, 0.717) is 89.8 Å². The van der Waals surface area contributed by atoms with Crippen LogP contribution in [0.5, 0.6) is 0 Å². The van der Waals surface area contributed by atoms with Gasteiger partial charge >= 0.3 is 0 Å². The molecule has 0 amide bonds. The molecule has 10 nitrogen and oxygen atoms in total. The summed E-state index contributed by atoms with van der Waals surface area (Å²) in [6.45, 7) is 22.9. The van der Waals surface area contributed by atoms with E-state index in [0.717, 1.165) is 16.7 Å². The van der Waals surface area contributed by atoms with Gasteiger partial charge < -0.3 is 16.0 Å². The Morgan fingerprint density at radius 3 is 0.954 bits per heavy atom. The van der Waals surface area contributed by atoms with Crippen LogP contribution in [0.3, 0.4) is 0 Å². The number of allylic oxidation sites excluding steroid dienone is 15. The van der Waals surface area contributed by atoms with Crippen molar-refractivity contribution < 1.29 is 51.7 Å². The Bertz CT molecular complexity index is 2230. The first-order chi connectivity index (χ1) is 30.4. The maximum Gasteiger partial charge on any atom is 0.196 e. The third kappa shape index (κ3) is 13.6. The zero-order chi connectivity index (χ0) is 46.1. The molecular formula is C54H63ErN7O3. The minimum absolute atomic E-state index is 0. The van der Waals surface area contributed by atoms with Crippen LogP contribution >= 0.6 is 0 Å². The number of carbonyl (C=O) groups is 3. The fraction of sp³-hybridized carbons (Fsp3) is 0.333. The van der Waals surface area contributed by atoms with Gasteiger partial charge in [-0.3, -0.25) is 34.2 Å². The molecule has 344 valence electrons. The molecule has 0 atom stereocenters. The van der Waals surface area contributed by atoms with Gasteiger partial charge in [0.15, 0.2) is 17.3 Å². The number of nitrogens with one attached hydrogen (secondary N) is 3. The third-order valence-electron chi connectivity index (χ3n) is 11.3. The Morgan fingerprint density at radius 1 is 0.446 bits per heavy atom. The van der Waals surface area contributed by atoms with Gasteiger partial charge in [0, 0.05) is 147 Å². The SMILES string of the molecule is CC(C)(C)C1=CC(=CNCCN(CCNC=C2C=C(C(C)(C)C)C=C(c3ccccn3)C2=O)CCNC=C2C=C(C(C)(C)C)C=C(c3ccccn3)C2=O)C(=O)C(c2ccccn2)=C1.[Er]. The quantitative estimate of drug-likeness (QED) is 0.100. The van der Waals surface area contributed by atoms with Crippen LogP contribution in [0.1, 0.15) is 79.4 Å². The molecule has 0 aromatic carbocycles. The molecule has 3 N–H and O–H groups in total. The van der Waals surface area contributed by atoms with E-state index in [1.807, 2.05) is 110 Å². The number of carbonyl (C=O) groups excluding carboxylic acids is 3. The van der Waals surface area contributed by atoms with Crippen LogP contribution in [0.2, 0.25) is 0 Å². The first kappa shape index (κ1) is 50.7. The predicted molar refractivity (Wildman–Crippen MR) is 259 cm³/mol. The van der Waals surface area contributed by atoms with Crippen molar-refractivity contribution >= 4 is 34.1 Å². The average molecular weight is 1030 g/mol. The summed E-state index contributed by atoms with van der Waals surface area (Å²) in [5, 5.41) is 10.3. The second-order valence-corrected chi connectivity index (χ2v) is 19.4. The zero-order valence-corrected chi connectivity index (χ0v) is 41.0. The normalized spacial score (nSPS) is 17.8. The number of nitrogens with zero attached hydrogens (tertiary/aromatic N) is 4. The van der Waals surface area contributed by atoms with Gasteiger partial charge in [0.1, 0.15) is 0 Å². The van der Waals surface area contributed by atoms with Crippen LogP contribution in [0, 0.1) is 53.6 Å². The molecule has 11 heteroatoms. The molecule has 0 saturated carbocycles. The van der Waals surface area contributed by atoms with Crippen molar-refractivity contribution in [3.8, 4) is 0 Å². The van der Waals surface area contributed by atoms with Gasteiger partial charge in [-0.05, 0) is 106 Å². The first-order valence-electron chi connectivity index (χ1n) is 22.1. The minimum atomic E-state index is -0.174. The number of hydrogen-bond donors (Lipinski definition) is 3. The molecule has 0 bridgehead atoms. The molecule has 3 aliphatic carbocycles. The van der Waals surface area contributed by atoms with Gasteiger partial charge in [-0.2, -0.15) is 0 Å². The maximum atomic E-state index is 13.8. The number of Topliss-reactive ketones (excluding diaryl/α,β-unsaturated/α-hetero) is 3. The molecule has 3 aliphatic rings. The average Bonchev–Trinajstić information content (AvgIpc) is 3.26. The number of rotatable bonds is 15. The smallest absolute Gasteiger partial charge is 0.196 e. The van der Waals surface area contributed by atoms with Crippen molar-refractivity contribution in [3.05, 3.63) is 179 Å². The Balaban J connectivity index is 0.00000793. The summed E-state index contributed by atoms with van der Waals surface area (Å²) < 4.78 is 0. The van der Waals surface area contributed by atoms with Gasteiger partial charge in [0.2, 0.25) is 0 Å². The van der Waals surface area contributed by atoms with E-state index in [2.05, 4.69) is 98.1 Å². The molecule has 65 heavy (non-hydrogen) atoms. The van der Waals surface area contributed by atoms with Crippen molar-refractivity contribution in [2.75, 3.05) is 39.3 Å². The van der Waals surface area contributed by atoms with E-state index in [1.54, 1.807) is 18.6 Å². The monoisotopic (exact) mass is 1020 g/mol. The topological polar surface area (TPSA) is 129 Å². The Hall–Kier alpha value is -5.27. The Labute approximate surface area is 415 Å². The standard InChI is InChI=1S/C54H63N7O3.Er/c1-52(2,3)40-28-37(49(62)43(31-40)46-16-10-13-19-58-46)34-55-22-25-61(26-23-56-35-38-29-41(53(4,5)6)32-44(50(38)63)47-17-11-14-20-59-47)27-24-57-36-39-30-42(54(7,8)9)33-45(51(39)64)48-18-12-15-21-60-48;/h10-21,28-36,55-57H,22-27H2,1-9H3;. The predicted octanol–water partition coefficient (Wildman–Crippen LogP) is 8.81. The van der Waals surface area contributed by atoms with Gasteiger partial charge in [0.25, 0.3) is 0 Å². The number of pyridine rings is 3. The van der Waals surface area contributed by atoms with Crippen LogP contribution in [0.15, 0.2) is 162 Å². The molecule has 6 rings (SSSR count). The van der Waals surface area contributed by atoms with Gasteiger partial charge in [-0.25, -0.2) is 0 Å². The van der Waals surface area contributed by atoms with Crippen molar-refractivity contribution in [3.63, 3.8) is 0 Å². The molecule has 0 saturated heterocycles. The molecule has 0 spiro atoms. The van der Waals surface area contributed by atoms with Crippen molar-refractivity contribution in [1.29, 1.82) is 0 Å². The fourth-order valence-corrected chi connectivity index (χ4v) is 7.26. The Morgan fingerprint density at radius 2 is 0.723 bits per heavy atom. The summed E-state index contributed by atoms with van der Waals surface area (Å²) in [6.07, 6.45) is 22.3. The summed E-state index contributed by atoms with van der Waals surface area (Å²) in [7, 11) is 0. The van der Waals surface area contributed by atoms with E-state index >= 15 is 0 Å². The number of hydrogen-bond acceptors (Lipinski definition) is 10. The molecule has 0 fully saturated rings. The minimum Gasteiger partial charge on any atom is -0.389 e. The summed E-state index contributed by atoms with van der Waals surface area (Å²) in [5.74, 6) is -0.224.